The number of carbonyl (C=O) groups excluding carboxylic acids is 2. The maximum Gasteiger partial charge on any atom is 0.410 e. The van der Waals surface area contributed by atoms with E-state index in [1.807, 2.05) is 20.8 Å². The number of amides is 2. The van der Waals surface area contributed by atoms with E-state index in [0.717, 1.165) is 6.42 Å². The zero-order valence-electron chi connectivity index (χ0n) is 22.2. The Morgan fingerprint density at radius 3 is 2.74 bits per heavy atom. The zero-order valence-corrected chi connectivity index (χ0v) is 22.2. The third kappa shape index (κ3) is 6.81. The Morgan fingerprint density at radius 1 is 1.21 bits per heavy atom. The lowest BCUT2D eigenvalue weighted by Crippen LogP contribution is -2.35. The van der Waals surface area contributed by atoms with Crippen LogP contribution in [0, 0.1) is 18.7 Å². The number of aryl methyl sites for hydroxylation is 1. The van der Waals surface area contributed by atoms with E-state index in [0.29, 0.717) is 42.3 Å². The van der Waals surface area contributed by atoms with Crippen molar-refractivity contribution in [2.24, 2.45) is 5.92 Å². The van der Waals surface area contributed by atoms with E-state index in [2.05, 4.69) is 25.7 Å². The fourth-order valence-corrected chi connectivity index (χ4v) is 4.14. The van der Waals surface area contributed by atoms with Crippen molar-refractivity contribution >= 4 is 12.0 Å². The number of hydrogen-bond donors (Lipinski definition) is 1. The SMILES string of the molecule is COc1cc(CNC(=O)c2cc(-c3nnn(C[C@@H]4CCN(C(=O)OC(C)(C)C)C4)n3)cc(C)n2)ccc1F. The number of nitrogens with one attached hydrogen (secondary N) is 1. The summed E-state index contributed by atoms with van der Waals surface area (Å²) >= 11 is 0. The van der Waals surface area contributed by atoms with Crippen LogP contribution in [0.1, 0.15) is 48.9 Å². The molecule has 1 fully saturated rings. The minimum atomic E-state index is -0.537. The van der Waals surface area contributed by atoms with Crippen molar-refractivity contribution in [3.63, 3.8) is 0 Å². The number of halogens is 1. The summed E-state index contributed by atoms with van der Waals surface area (Å²) in [6.07, 6.45) is 0.498. The predicted octanol–water partition coefficient (Wildman–Crippen LogP) is 3.38. The van der Waals surface area contributed by atoms with Crippen LogP contribution >= 0.6 is 0 Å². The molecule has 4 rings (SSSR count). The molecule has 1 aliphatic heterocycles. The molecular formula is C26H32FN7O4. The molecule has 2 aromatic heterocycles. The van der Waals surface area contributed by atoms with Crippen molar-refractivity contribution in [1.29, 1.82) is 0 Å². The molecule has 12 heteroatoms. The molecule has 202 valence electrons. The quantitative estimate of drug-likeness (QED) is 0.498. The summed E-state index contributed by atoms with van der Waals surface area (Å²) in [4.78, 5) is 32.7. The van der Waals surface area contributed by atoms with Gasteiger partial charge < -0.3 is 19.7 Å². The average molecular weight is 526 g/mol. The van der Waals surface area contributed by atoms with Crippen LogP contribution in [0.3, 0.4) is 0 Å². The zero-order chi connectivity index (χ0) is 27.4. The van der Waals surface area contributed by atoms with Crippen molar-refractivity contribution in [3.05, 3.63) is 53.1 Å². The molecule has 38 heavy (non-hydrogen) atoms. The van der Waals surface area contributed by atoms with Crippen LogP contribution in [-0.4, -0.2) is 67.9 Å². The Morgan fingerprint density at radius 2 is 2.00 bits per heavy atom. The molecule has 0 spiro atoms. The summed E-state index contributed by atoms with van der Waals surface area (Å²) < 4.78 is 24.1. The van der Waals surface area contributed by atoms with Gasteiger partial charge >= 0.3 is 6.09 Å². The number of nitrogens with zero attached hydrogens (tertiary/aromatic N) is 6. The first-order valence-electron chi connectivity index (χ1n) is 12.4. The number of likely N-dealkylation sites (tertiary alicyclic amines) is 1. The minimum absolute atomic E-state index is 0.108. The molecule has 3 heterocycles. The normalized spacial score (nSPS) is 15.4. The Bertz CT molecular complexity index is 1320. The van der Waals surface area contributed by atoms with Crippen LogP contribution in [-0.2, 0) is 17.8 Å². The van der Waals surface area contributed by atoms with E-state index in [4.69, 9.17) is 9.47 Å². The second-order valence-electron chi connectivity index (χ2n) is 10.3. The number of rotatable bonds is 7. The monoisotopic (exact) mass is 525 g/mol. The number of carbonyl (C=O) groups is 2. The number of methoxy groups -OCH3 is 1. The second-order valence-corrected chi connectivity index (χ2v) is 10.3. The lowest BCUT2D eigenvalue weighted by molar-refractivity contribution is 0.0286. The Kier molecular flexibility index (Phi) is 7.88. The fraction of sp³-hybridized carbons (Fsp3) is 0.462. The van der Waals surface area contributed by atoms with Crippen molar-refractivity contribution < 1.29 is 23.5 Å². The summed E-state index contributed by atoms with van der Waals surface area (Å²) in [5.74, 6) is -0.206. The fourth-order valence-electron chi connectivity index (χ4n) is 4.14. The number of ether oxygens (including phenoxy) is 2. The van der Waals surface area contributed by atoms with Crippen molar-refractivity contribution in [1.82, 2.24) is 35.4 Å². The first-order chi connectivity index (χ1) is 18.0. The maximum atomic E-state index is 13.6. The Labute approximate surface area is 220 Å². The molecule has 0 unspecified atom stereocenters. The average Bonchev–Trinajstić information content (AvgIpc) is 3.52. The van der Waals surface area contributed by atoms with E-state index >= 15 is 0 Å². The molecule has 1 saturated heterocycles. The summed E-state index contributed by atoms with van der Waals surface area (Å²) in [7, 11) is 1.38. The summed E-state index contributed by atoms with van der Waals surface area (Å²) in [5, 5.41) is 15.6. The van der Waals surface area contributed by atoms with E-state index in [1.54, 1.807) is 30.0 Å². The van der Waals surface area contributed by atoms with E-state index < -0.39 is 11.4 Å². The molecule has 1 aliphatic rings. The highest BCUT2D eigenvalue weighted by Gasteiger charge is 2.30. The maximum absolute atomic E-state index is 13.6. The molecule has 0 aliphatic carbocycles. The minimum Gasteiger partial charge on any atom is -0.494 e. The molecule has 1 N–H and O–H groups in total. The van der Waals surface area contributed by atoms with Crippen molar-refractivity contribution in [3.8, 4) is 17.1 Å². The summed E-state index contributed by atoms with van der Waals surface area (Å²) in [5.41, 5.74) is 1.58. The number of aromatic nitrogens is 5. The first-order valence-corrected chi connectivity index (χ1v) is 12.4. The van der Waals surface area contributed by atoms with Gasteiger partial charge in [0.2, 0.25) is 5.82 Å². The van der Waals surface area contributed by atoms with Gasteiger partial charge in [0.1, 0.15) is 11.3 Å². The smallest absolute Gasteiger partial charge is 0.410 e. The van der Waals surface area contributed by atoms with Gasteiger partial charge in [-0.3, -0.25) is 4.79 Å². The molecule has 0 bridgehead atoms. The second kappa shape index (κ2) is 11.1. The van der Waals surface area contributed by atoms with E-state index in [-0.39, 0.29) is 35.9 Å². The van der Waals surface area contributed by atoms with Crippen LogP contribution < -0.4 is 10.1 Å². The first kappa shape index (κ1) is 27.0. The molecule has 11 nitrogen and oxygen atoms in total. The Hall–Kier alpha value is -4.09. The largest absolute Gasteiger partial charge is 0.494 e. The lowest BCUT2D eigenvalue weighted by atomic mass is 10.1. The molecule has 1 aromatic carbocycles. The number of benzene rings is 1. The van der Waals surface area contributed by atoms with E-state index in [1.165, 1.54) is 24.0 Å². The van der Waals surface area contributed by atoms with Crippen LogP contribution in [0.4, 0.5) is 9.18 Å². The van der Waals surface area contributed by atoms with Crippen LogP contribution in [0.25, 0.3) is 11.4 Å². The number of pyridine rings is 1. The van der Waals surface area contributed by atoms with Gasteiger partial charge in [-0.05, 0) is 75.1 Å². The summed E-state index contributed by atoms with van der Waals surface area (Å²) in [6, 6.07) is 7.78. The van der Waals surface area contributed by atoms with Gasteiger partial charge in [-0.1, -0.05) is 6.07 Å². The number of tetrazole rings is 1. The third-order valence-electron chi connectivity index (χ3n) is 5.92. The highest BCUT2D eigenvalue weighted by molar-refractivity contribution is 5.93. The van der Waals surface area contributed by atoms with Gasteiger partial charge in [-0.25, -0.2) is 14.2 Å². The standard InChI is InChI=1S/C26H32FN7O4/c1-16-10-19(12-21(29-16)24(35)28-13-17-6-7-20(27)22(11-17)37-5)23-30-32-34(31-23)15-18-8-9-33(14-18)25(36)38-26(2,3)4/h6-7,10-12,18H,8-9,13-15H2,1-5H3,(H,28,35)/t18-/m1/s1. The van der Waals surface area contributed by atoms with Crippen LogP contribution in [0.2, 0.25) is 0 Å². The van der Waals surface area contributed by atoms with E-state index in [9.17, 15) is 14.0 Å². The van der Waals surface area contributed by atoms with Gasteiger partial charge in [0.15, 0.2) is 11.6 Å². The Balaban J connectivity index is 1.38. The van der Waals surface area contributed by atoms with Crippen molar-refractivity contribution in [2.75, 3.05) is 20.2 Å². The van der Waals surface area contributed by atoms with Gasteiger partial charge in [-0.2, -0.15) is 4.80 Å². The molecule has 3 aromatic rings. The topological polar surface area (TPSA) is 124 Å². The highest BCUT2D eigenvalue weighted by atomic mass is 19.1. The predicted molar refractivity (Wildman–Crippen MR) is 136 cm³/mol. The highest BCUT2D eigenvalue weighted by Crippen LogP contribution is 2.22. The van der Waals surface area contributed by atoms with Gasteiger partial charge in [0.05, 0.1) is 13.7 Å². The molecule has 1 atom stereocenters. The molecule has 2 amide bonds. The van der Waals surface area contributed by atoms with Crippen LogP contribution in [0.15, 0.2) is 30.3 Å². The lowest BCUT2D eigenvalue weighted by Gasteiger charge is -2.24. The van der Waals surface area contributed by atoms with Gasteiger partial charge in [0, 0.05) is 30.9 Å². The van der Waals surface area contributed by atoms with Gasteiger partial charge in [-0.15, -0.1) is 10.2 Å². The summed E-state index contributed by atoms with van der Waals surface area (Å²) in [6.45, 7) is 9.17. The van der Waals surface area contributed by atoms with Crippen molar-refractivity contribution in [2.45, 2.75) is 52.8 Å². The molecule has 0 saturated carbocycles. The molecular weight excluding hydrogens is 493 g/mol. The third-order valence-corrected chi connectivity index (χ3v) is 5.92. The van der Waals surface area contributed by atoms with Gasteiger partial charge in [0.25, 0.3) is 5.91 Å². The number of hydrogen-bond acceptors (Lipinski definition) is 8. The van der Waals surface area contributed by atoms with Crippen LogP contribution in [0.5, 0.6) is 5.75 Å². The molecule has 0 radical (unpaired) electrons.